The van der Waals surface area contributed by atoms with Crippen molar-refractivity contribution in [2.45, 2.75) is 0 Å². The van der Waals surface area contributed by atoms with Crippen molar-refractivity contribution in [3.8, 4) is 12.2 Å². The first kappa shape index (κ1) is 4.27. The maximum atomic E-state index is 4.69. The van der Waals surface area contributed by atoms with Crippen LogP contribution in [0, 0.1) is 18.8 Å². The molecule has 0 heterocycles. The molecule has 0 fully saturated rings. The van der Waals surface area contributed by atoms with Gasteiger partial charge in [-0.05, 0) is 0 Å². The Kier molecular flexibility index (Phi) is 2.80. The minimum atomic E-state index is 1.31. The summed E-state index contributed by atoms with van der Waals surface area (Å²) in [5.41, 5.74) is 2.16. The molecule has 0 aromatic carbocycles. The molecule has 0 aromatic rings. The third-order valence-electron chi connectivity index (χ3n) is 0.167. The summed E-state index contributed by atoms with van der Waals surface area (Å²) in [5.74, 6) is 2.16. The average Bonchev–Trinajstić information content (AvgIpc) is 1.41. The molecule has 0 aliphatic carbocycles. The Balaban J connectivity index is 3.46. The van der Waals surface area contributed by atoms with Crippen molar-refractivity contribution in [3.05, 3.63) is 6.58 Å². The molecule has 0 saturated heterocycles. The van der Waals surface area contributed by atoms with Gasteiger partial charge in [0.25, 0.3) is 0 Å². The summed E-state index contributed by atoms with van der Waals surface area (Å²) >= 11 is 0. The summed E-state index contributed by atoms with van der Waals surface area (Å²) in [5, 5.41) is 0. The van der Waals surface area contributed by atoms with Crippen LogP contribution in [-0.2, 0) is 0 Å². The van der Waals surface area contributed by atoms with Crippen molar-refractivity contribution in [2.24, 2.45) is 0 Å². The van der Waals surface area contributed by atoms with Crippen LogP contribution >= 0.6 is 0 Å². The number of terminal acetylenes is 1. The normalized spacial score (nSPS) is 3.00. The van der Waals surface area contributed by atoms with Gasteiger partial charge >= 0.3 is 31.4 Å². The molecule has 0 aromatic heterocycles. The Bertz CT molecular complexity index is 90.7. The standard InChI is InChI=1S/C4H2B/c1-3-5-4-2/h1-2H/q-1. The number of hydrogen-bond donors (Lipinski definition) is 0. The summed E-state index contributed by atoms with van der Waals surface area (Å²) in [6.07, 6.45) is 4.69. The third kappa shape index (κ3) is 3.27. The first-order chi connectivity index (χ1) is 2.41. The molecule has 0 rings (SSSR count). The quantitative estimate of drug-likeness (QED) is 0.204. The molecule has 0 aliphatic heterocycles. The molecule has 0 N–H and O–H groups in total. The molecule has 0 atom stereocenters. The fraction of sp³-hybridized carbons (Fsp3) is 0. The van der Waals surface area contributed by atoms with E-state index in [2.05, 4.69) is 11.4 Å². The van der Waals surface area contributed by atoms with E-state index >= 15 is 0 Å². The van der Waals surface area contributed by atoms with Gasteiger partial charge in [-0.1, -0.05) is 0 Å². The van der Waals surface area contributed by atoms with Crippen molar-refractivity contribution in [1.82, 2.24) is 0 Å². The van der Waals surface area contributed by atoms with Crippen molar-refractivity contribution in [2.75, 3.05) is 0 Å². The molecular formula is C4H2B-. The Morgan fingerprint density at radius 2 is 2.40 bits per heavy atom. The van der Waals surface area contributed by atoms with Crippen molar-refractivity contribution < 1.29 is 0 Å². The van der Waals surface area contributed by atoms with E-state index in [1.807, 2.05) is 0 Å². The predicted molar refractivity (Wildman–Crippen MR) is 23.9 cm³/mol. The molecule has 22 valence electrons. The second-order valence-corrected chi connectivity index (χ2v) is 0.478. The van der Waals surface area contributed by atoms with Gasteiger partial charge in [-0.15, -0.1) is 0 Å². The molecule has 0 bridgehead atoms. The molecule has 0 nitrogen and oxygen atoms in total. The van der Waals surface area contributed by atoms with Crippen LogP contribution in [0.1, 0.15) is 0 Å². The summed E-state index contributed by atoms with van der Waals surface area (Å²) in [6.45, 7) is 6.00. The van der Waals surface area contributed by atoms with Gasteiger partial charge in [0.1, 0.15) is 0 Å². The molecule has 1 heteroatoms. The van der Waals surface area contributed by atoms with Gasteiger partial charge < -0.3 is 0 Å². The fourth-order valence-corrected chi connectivity index (χ4v) is 0.0481. The van der Waals surface area contributed by atoms with Crippen LogP contribution < -0.4 is 0 Å². The number of rotatable bonds is 0. The molecule has 0 saturated carbocycles. The first-order valence-corrected chi connectivity index (χ1v) is 1.15. The van der Waals surface area contributed by atoms with Gasteiger partial charge in [0.15, 0.2) is 0 Å². The van der Waals surface area contributed by atoms with Crippen LogP contribution in [0.4, 0.5) is 0 Å². The van der Waals surface area contributed by atoms with E-state index in [-0.39, 0.29) is 0 Å². The van der Waals surface area contributed by atoms with E-state index in [0.717, 1.165) is 0 Å². The second kappa shape index (κ2) is 3.27. The van der Waals surface area contributed by atoms with E-state index in [0.29, 0.717) is 0 Å². The van der Waals surface area contributed by atoms with Crippen molar-refractivity contribution in [3.63, 3.8) is 0 Å². The van der Waals surface area contributed by atoms with Crippen LogP contribution in [0.5, 0.6) is 0 Å². The van der Waals surface area contributed by atoms with Gasteiger partial charge in [-0.25, -0.2) is 0 Å². The Hall–Kier alpha value is -0.725. The third-order valence-corrected chi connectivity index (χ3v) is 0.167. The molecule has 0 amide bonds. The SMILES string of the molecule is C#CB=C=[CH-]. The van der Waals surface area contributed by atoms with Gasteiger partial charge in [0.2, 0.25) is 0 Å². The van der Waals surface area contributed by atoms with E-state index < -0.39 is 0 Å². The van der Waals surface area contributed by atoms with Gasteiger partial charge in [0.05, 0.1) is 0 Å². The van der Waals surface area contributed by atoms with Gasteiger partial charge in [0, 0.05) is 0 Å². The van der Waals surface area contributed by atoms with Crippen LogP contribution in [0.3, 0.4) is 0 Å². The molecule has 0 spiro atoms. The zero-order valence-corrected chi connectivity index (χ0v) is 2.73. The minimum absolute atomic E-state index is 1.31. The molecule has 0 aliphatic rings. The zero-order chi connectivity index (χ0) is 4.12. The molecular weight excluding hydrogens is 58.9 g/mol. The van der Waals surface area contributed by atoms with E-state index in [1.165, 1.54) is 6.92 Å². The fourth-order valence-electron chi connectivity index (χ4n) is 0.0481. The monoisotopic (exact) mass is 61.0 g/mol. The Labute approximate surface area is 32.4 Å². The zero-order valence-electron chi connectivity index (χ0n) is 2.73. The first-order valence-electron chi connectivity index (χ1n) is 1.15. The Morgan fingerprint density at radius 3 is 2.40 bits per heavy atom. The topological polar surface area (TPSA) is 0 Å². The van der Waals surface area contributed by atoms with E-state index in [1.54, 1.807) is 0 Å². The summed E-state index contributed by atoms with van der Waals surface area (Å²) < 4.78 is 0. The maximum absolute atomic E-state index is 4.69. The summed E-state index contributed by atoms with van der Waals surface area (Å²) in [7, 11) is 0. The van der Waals surface area contributed by atoms with Crippen LogP contribution in [-0.4, -0.2) is 12.5 Å². The Morgan fingerprint density at radius 1 is 1.80 bits per heavy atom. The van der Waals surface area contributed by atoms with Crippen LogP contribution in [0.25, 0.3) is 0 Å². The second-order valence-electron chi connectivity index (χ2n) is 0.478. The van der Waals surface area contributed by atoms with Crippen molar-refractivity contribution in [1.29, 1.82) is 0 Å². The van der Waals surface area contributed by atoms with Crippen molar-refractivity contribution >= 4 is 12.5 Å². The summed E-state index contributed by atoms with van der Waals surface area (Å²) in [6, 6.07) is 0. The van der Waals surface area contributed by atoms with E-state index in [4.69, 9.17) is 13.0 Å². The van der Waals surface area contributed by atoms with Gasteiger partial charge in [-0.3, -0.25) is 0 Å². The molecule has 0 radical (unpaired) electrons. The predicted octanol–water partition coefficient (Wildman–Crippen LogP) is -0.328. The molecule has 5 heavy (non-hydrogen) atoms. The van der Waals surface area contributed by atoms with Crippen LogP contribution in [0.2, 0.25) is 0 Å². The average molecular weight is 60.9 g/mol. The van der Waals surface area contributed by atoms with Crippen LogP contribution in [0.15, 0.2) is 0 Å². The summed E-state index contributed by atoms with van der Waals surface area (Å²) in [4.78, 5) is 0. The van der Waals surface area contributed by atoms with E-state index in [9.17, 15) is 0 Å². The molecule has 0 unspecified atom stereocenters. The number of hydrogen-bond acceptors (Lipinski definition) is 0. The van der Waals surface area contributed by atoms with Gasteiger partial charge in [-0.2, -0.15) is 0 Å².